The summed E-state index contributed by atoms with van der Waals surface area (Å²) < 4.78 is 0. The van der Waals surface area contributed by atoms with Crippen molar-refractivity contribution in [1.29, 1.82) is 0 Å². The van der Waals surface area contributed by atoms with Gasteiger partial charge in [0.05, 0.1) is 6.04 Å². The topological polar surface area (TPSA) is 66.5 Å². The molecular weight excluding hydrogens is 238 g/mol. The van der Waals surface area contributed by atoms with Gasteiger partial charge >= 0.3 is 0 Å². The van der Waals surface area contributed by atoms with E-state index in [4.69, 9.17) is 0 Å². The Bertz CT molecular complexity index is 496. The van der Waals surface area contributed by atoms with Crippen molar-refractivity contribution in [3.63, 3.8) is 0 Å². The number of H-pyrrole nitrogens is 1. The van der Waals surface area contributed by atoms with Crippen LogP contribution in [0.15, 0.2) is 24.3 Å². The lowest BCUT2D eigenvalue weighted by molar-refractivity contribution is 0.546. The van der Waals surface area contributed by atoms with E-state index in [1.54, 1.807) is 0 Å². The van der Waals surface area contributed by atoms with Gasteiger partial charge in [-0.2, -0.15) is 5.21 Å². The van der Waals surface area contributed by atoms with Gasteiger partial charge in [0.2, 0.25) is 0 Å². The molecule has 5 heteroatoms. The predicted octanol–water partition coefficient (Wildman–Crippen LogP) is 2.35. The van der Waals surface area contributed by atoms with Gasteiger partial charge in [-0.15, -0.1) is 10.2 Å². The quantitative estimate of drug-likeness (QED) is 0.884. The highest BCUT2D eigenvalue weighted by Crippen LogP contribution is 2.22. The minimum absolute atomic E-state index is 0.0843. The van der Waals surface area contributed by atoms with Gasteiger partial charge < -0.3 is 5.32 Å². The Balaban J connectivity index is 1.93. The van der Waals surface area contributed by atoms with Crippen LogP contribution in [-0.4, -0.2) is 20.6 Å². The van der Waals surface area contributed by atoms with Gasteiger partial charge in [-0.3, -0.25) is 0 Å². The van der Waals surface area contributed by atoms with Crippen LogP contribution in [0.3, 0.4) is 0 Å². The lowest BCUT2D eigenvalue weighted by Crippen LogP contribution is -2.19. The van der Waals surface area contributed by atoms with Crippen LogP contribution in [0, 0.1) is 0 Å². The molecule has 0 aliphatic carbocycles. The van der Waals surface area contributed by atoms with Gasteiger partial charge in [-0.1, -0.05) is 50.3 Å². The van der Waals surface area contributed by atoms with E-state index in [2.05, 4.69) is 71.0 Å². The maximum Gasteiger partial charge on any atom is 0.191 e. The number of benzene rings is 1. The van der Waals surface area contributed by atoms with E-state index in [0.29, 0.717) is 5.82 Å². The van der Waals surface area contributed by atoms with Crippen LogP contribution in [0.2, 0.25) is 0 Å². The Morgan fingerprint density at radius 2 is 1.89 bits per heavy atom. The molecule has 0 radical (unpaired) electrons. The molecule has 0 aliphatic heterocycles. The van der Waals surface area contributed by atoms with Gasteiger partial charge in [0.25, 0.3) is 0 Å². The Morgan fingerprint density at radius 3 is 2.42 bits per heavy atom. The monoisotopic (exact) mass is 259 g/mol. The summed E-state index contributed by atoms with van der Waals surface area (Å²) in [5, 5.41) is 17.3. The summed E-state index contributed by atoms with van der Waals surface area (Å²) in [7, 11) is 0. The van der Waals surface area contributed by atoms with Gasteiger partial charge in [0, 0.05) is 6.54 Å². The molecule has 1 atom stereocenters. The van der Waals surface area contributed by atoms with Crippen molar-refractivity contribution in [3.05, 3.63) is 41.2 Å². The second kappa shape index (κ2) is 5.48. The maximum absolute atomic E-state index is 3.97. The average Bonchev–Trinajstić information content (AvgIpc) is 2.89. The fourth-order valence-corrected chi connectivity index (χ4v) is 1.84. The van der Waals surface area contributed by atoms with Crippen molar-refractivity contribution in [2.24, 2.45) is 0 Å². The Kier molecular flexibility index (Phi) is 3.95. The third-order valence-electron chi connectivity index (χ3n) is 3.18. The minimum atomic E-state index is 0.0843. The SMILES string of the molecule is CC(NCc1ccc(C(C)(C)C)cc1)c1nn[nH]n1. The summed E-state index contributed by atoms with van der Waals surface area (Å²) in [6, 6.07) is 8.79. The number of hydrogen-bond acceptors (Lipinski definition) is 4. The highest BCUT2D eigenvalue weighted by atomic mass is 15.5. The lowest BCUT2D eigenvalue weighted by atomic mass is 9.87. The fraction of sp³-hybridized carbons (Fsp3) is 0.500. The summed E-state index contributed by atoms with van der Waals surface area (Å²) in [6.07, 6.45) is 0. The molecule has 0 fully saturated rings. The molecule has 1 unspecified atom stereocenters. The number of aromatic nitrogens is 4. The first-order valence-electron chi connectivity index (χ1n) is 6.53. The Labute approximate surface area is 113 Å². The number of nitrogens with zero attached hydrogens (tertiary/aromatic N) is 3. The van der Waals surface area contributed by atoms with Crippen LogP contribution < -0.4 is 5.32 Å². The summed E-state index contributed by atoms with van der Waals surface area (Å²) in [6.45, 7) is 9.48. The summed E-state index contributed by atoms with van der Waals surface area (Å²) >= 11 is 0. The first-order chi connectivity index (χ1) is 8.97. The smallest absolute Gasteiger partial charge is 0.191 e. The second-order valence-corrected chi connectivity index (χ2v) is 5.82. The van der Waals surface area contributed by atoms with Crippen molar-refractivity contribution in [3.8, 4) is 0 Å². The third kappa shape index (κ3) is 3.61. The van der Waals surface area contributed by atoms with Crippen LogP contribution in [0.1, 0.15) is 50.7 Å². The van der Waals surface area contributed by atoms with Crippen molar-refractivity contribution >= 4 is 0 Å². The van der Waals surface area contributed by atoms with Gasteiger partial charge in [0.1, 0.15) is 0 Å². The normalized spacial score (nSPS) is 13.5. The van der Waals surface area contributed by atoms with Crippen LogP contribution in [0.4, 0.5) is 0 Å². The third-order valence-corrected chi connectivity index (χ3v) is 3.18. The van der Waals surface area contributed by atoms with Gasteiger partial charge in [0.15, 0.2) is 5.82 Å². The Morgan fingerprint density at radius 1 is 1.21 bits per heavy atom. The van der Waals surface area contributed by atoms with Crippen LogP contribution in [0.5, 0.6) is 0 Å². The second-order valence-electron chi connectivity index (χ2n) is 5.82. The number of rotatable bonds is 4. The zero-order valence-corrected chi connectivity index (χ0v) is 11.9. The highest BCUT2D eigenvalue weighted by Gasteiger charge is 2.13. The molecular formula is C14H21N5. The summed E-state index contributed by atoms with van der Waals surface area (Å²) in [4.78, 5) is 0. The van der Waals surface area contributed by atoms with Crippen molar-refractivity contribution < 1.29 is 0 Å². The van der Waals surface area contributed by atoms with E-state index in [1.807, 2.05) is 6.92 Å². The highest BCUT2D eigenvalue weighted by molar-refractivity contribution is 5.27. The van der Waals surface area contributed by atoms with E-state index in [-0.39, 0.29) is 11.5 Å². The molecule has 1 aromatic carbocycles. The maximum atomic E-state index is 3.97. The zero-order chi connectivity index (χ0) is 13.9. The van der Waals surface area contributed by atoms with Crippen molar-refractivity contribution in [1.82, 2.24) is 25.9 Å². The number of aromatic amines is 1. The van der Waals surface area contributed by atoms with Crippen LogP contribution in [-0.2, 0) is 12.0 Å². The molecule has 2 rings (SSSR count). The van der Waals surface area contributed by atoms with Crippen molar-refractivity contribution in [2.75, 3.05) is 0 Å². The molecule has 0 bridgehead atoms. The number of hydrogen-bond donors (Lipinski definition) is 2. The standard InChI is InChI=1S/C14H21N5/c1-10(13-16-18-19-17-13)15-9-11-5-7-12(8-6-11)14(2,3)4/h5-8,10,15H,9H2,1-4H3,(H,16,17,18,19). The first kappa shape index (κ1) is 13.7. The molecule has 1 aromatic heterocycles. The minimum Gasteiger partial charge on any atom is -0.303 e. The average molecular weight is 259 g/mol. The van der Waals surface area contributed by atoms with Gasteiger partial charge in [-0.05, 0) is 23.5 Å². The Hall–Kier alpha value is -1.75. The number of nitrogens with one attached hydrogen (secondary N) is 2. The molecule has 2 N–H and O–H groups in total. The van der Waals surface area contributed by atoms with Gasteiger partial charge in [-0.25, -0.2) is 0 Å². The van der Waals surface area contributed by atoms with Crippen LogP contribution in [0.25, 0.3) is 0 Å². The fourth-order valence-electron chi connectivity index (χ4n) is 1.84. The molecule has 19 heavy (non-hydrogen) atoms. The molecule has 0 saturated heterocycles. The van der Waals surface area contributed by atoms with E-state index >= 15 is 0 Å². The summed E-state index contributed by atoms with van der Waals surface area (Å²) in [5.41, 5.74) is 2.80. The number of tetrazole rings is 1. The molecule has 2 aromatic rings. The molecule has 0 saturated carbocycles. The lowest BCUT2D eigenvalue weighted by Gasteiger charge is -2.19. The summed E-state index contributed by atoms with van der Waals surface area (Å²) in [5.74, 6) is 0.686. The predicted molar refractivity (Wildman–Crippen MR) is 74.6 cm³/mol. The largest absolute Gasteiger partial charge is 0.303 e. The molecule has 5 nitrogen and oxygen atoms in total. The molecule has 1 heterocycles. The van der Waals surface area contributed by atoms with E-state index < -0.39 is 0 Å². The van der Waals surface area contributed by atoms with Crippen LogP contribution >= 0.6 is 0 Å². The molecule has 102 valence electrons. The molecule has 0 aliphatic rings. The van der Waals surface area contributed by atoms with E-state index in [9.17, 15) is 0 Å². The zero-order valence-electron chi connectivity index (χ0n) is 11.9. The van der Waals surface area contributed by atoms with E-state index in [0.717, 1.165) is 6.54 Å². The molecule has 0 spiro atoms. The first-order valence-corrected chi connectivity index (χ1v) is 6.53. The van der Waals surface area contributed by atoms with E-state index in [1.165, 1.54) is 11.1 Å². The van der Waals surface area contributed by atoms with Crippen molar-refractivity contribution in [2.45, 2.75) is 45.7 Å². The molecule has 0 amide bonds.